The van der Waals surface area contributed by atoms with Crippen LogP contribution in [0.15, 0.2) is 47.4 Å². The fraction of sp³-hybridized carbons (Fsp3) is 0.429. The topological polar surface area (TPSA) is 75.6 Å². The van der Waals surface area contributed by atoms with Gasteiger partial charge in [0, 0.05) is 11.3 Å². The Morgan fingerprint density at radius 1 is 1.07 bits per heavy atom. The lowest BCUT2D eigenvalue weighted by Gasteiger charge is -2.14. The summed E-state index contributed by atoms with van der Waals surface area (Å²) in [5, 5.41) is 10.2. The van der Waals surface area contributed by atoms with Crippen LogP contribution in [0.3, 0.4) is 0 Å². The molecule has 0 radical (unpaired) electrons. The van der Waals surface area contributed by atoms with Gasteiger partial charge in [-0.25, -0.2) is 8.42 Å². The van der Waals surface area contributed by atoms with Crippen LogP contribution >= 0.6 is 0 Å². The van der Waals surface area contributed by atoms with E-state index in [4.69, 9.17) is 4.74 Å². The number of aliphatic hydroxyl groups excluding tert-OH is 1. The molecule has 146 valence electrons. The molecule has 0 unspecified atom stereocenters. The van der Waals surface area contributed by atoms with Gasteiger partial charge in [0.25, 0.3) is 10.0 Å². The largest absolute Gasteiger partial charge is 0.464 e. The molecule has 0 aromatic heterocycles. The third-order valence-corrected chi connectivity index (χ3v) is 6.35. The number of aliphatic hydroxyl groups is 1. The molecule has 5 nitrogen and oxygen atoms in total. The van der Waals surface area contributed by atoms with Crippen molar-refractivity contribution in [2.24, 2.45) is 0 Å². The Morgan fingerprint density at radius 3 is 2.52 bits per heavy atom. The van der Waals surface area contributed by atoms with Crippen molar-refractivity contribution in [2.45, 2.75) is 63.1 Å². The van der Waals surface area contributed by atoms with Crippen LogP contribution in [0, 0.1) is 6.92 Å². The number of hydrogen-bond donors (Lipinski definition) is 2. The summed E-state index contributed by atoms with van der Waals surface area (Å²) in [6.07, 6.45) is 4.41. The molecule has 0 saturated carbocycles. The van der Waals surface area contributed by atoms with Crippen molar-refractivity contribution in [1.29, 1.82) is 0 Å². The van der Waals surface area contributed by atoms with E-state index in [0.29, 0.717) is 11.4 Å². The van der Waals surface area contributed by atoms with Gasteiger partial charge in [0.05, 0.1) is 10.8 Å². The molecule has 0 amide bonds. The highest BCUT2D eigenvalue weighted by atomic mass is 32.2. The standard InChI is InChI=1S/C21H27NO4S/c1-3-4-5-6-7-18-19-14-16(10-13-20(19)26-21(18)23)22-27(24,25)17-11-8-15(2)9-12-17/h8-14,18,21-23H,3-7H2,1-2H3/t18-,21-/m1/s1. The van der Waals surface area contributed by atoms with Crippen molar-refractivity contribution in [3.63, 3.8) is 0 Å². The number of anilines is 1. The molecule has 1 aliphatic rings. The van der Waals surface area contributed by atoms with E-state index >= 15 is 0 Å². The van der Waals surface area contributed by atoms with Crippen molar-refractivity contribution in [3.8, 4) is 5.75 Å². The molecule has 2 N–H and O–H groups in total. The Bertz CT molecular complexity index is 878. The lowest BCUT2D eigenvalue weighted by atomic mass is 9.93. The number of aryl methyl sites for hydroxylation is 1. The number of rotatable bonds is 8. The van der Waals surface area contributed by atoms with Gasteiger partial charge in [-0.2, -0.15) is 0 Å². The molecule has 27 heavy (non-hydrogen) atoms. The normalized spacial score (nSPS) is 18.8. The van der Waals surface area contributed by atoms with Crippen molar-refractivity contribution in [3.05, 3.63) is 53.6 Å². The van der Waals surface area contributed by atoms with Crippen LogP contribution in [0.1, 0.15) is 56.1 Å². The second-order valence-electron chi connectivity index (χ2n) is 7.14. The molecule has 2 aromatic rings. The molecule has 0 saturated heterocycles. The van der Waals surface area contributed by atoms with Crippen LogP contribution in [-0.4, -0.2) is 19.8 Å². The van der Waals surface area contributed by atoms with Crippen LogP contribution in [0.2, 0.25) is 0 Å². The van der Waals surface area contributed by atoms with Crippen LogP contribution in [0.5, 0.6) is 5.75 Å². The predicted molar refractivity (Wildman–Crippen MR) is 107 cm³/mol. The fourth-order valence-electron chi connectivity index (χ4n) is 3.40. The average Bonchev–Trinajstić information content (AvgIpc) is 2.94. The summed E-state index contributed by atoms with van der Waals surface area (Å²) in [6.45, 7) is 4.07. The maximum Gasteiger partial charge on any atom is 0.261 e. The van der Waals surface area contributed by atoms with Crippen molar-refractivity contribution < 1.29 is 18.3 Å². The molecule has 1 aliphatic heterocycles. The Kier molecular flexibility index (Phi) is 6.07. The molecule has 2 aromatic carbocycles. The van der Waals surface area contributed by atoms with Gasteiger partial charge in [0.1, 0.15) is 5.75 Å². The lowest BCUT2D eigenvalue weighted by Crippen LogP contribution is -2.17. The van der Waals surface area contributed by atoms with E-state index in [9.17, 15) is 13.5 Å². The Balaban J connectivity index is 1.77. The quantitative estimate of drug-likeness (QED) is 0.649. The first-order valence-corrected chi connectivity index (χ1v) is 11.0. The predicted octanol–water partition coefficient (Wildman–Crippen LogP) is 4.56. The highest BCUT2D eigenvalue weighted by molar-refractivity contribution is 7.92. The monoisotopic (exact) mass is 389 g/mol. The Morgan fingerprint density at radius 2 is 1.81 bits per heavy atom. The van der Waals surface area contributed by atoms with Gasteiger partial charge in [-0.15, -0.1) is 0 Å². The van der Waals surface area contributed by atoms with E-state index in [2.05, 4.69) is 11.6 Å². The van der Waals surface area contributed by atoms with E-state index < -0.39 is 16.3 Å². The highest BCUT2D eigenvalue weighted by Crippen LogP contribution is 2.41. The lowest BCUT2D eigenvalue weighted by molar-refractivity contribution is -0.0203. The van der Waals surface area contributed by atoms with Crippen molar-refractivity contribution >= 4 is 15.7 Å². The zero-order valence-corrected chi connectivity index (χ0v) is 16.6. The van der Waals surface area contributed by atoms with Gasteiger partial charge in [0.15, 0.2) is 0 Å². The summed E-state index contributed by atoms with van der Waals surface area (Å²) < 4.78 is 33.4. The molecule has 0 aliphatic carbocycles. The molecule has 0 fully saturated rings. The minimum absolute atomic E-state index is 0.124. The number of hydrogen-bond acceptors (Lipinski definition) is 4. The van der Waals surface area contributed by atoms with Crippen LogP contribution in [-0.2, 0) is 10.0 Å². The first-order chi connectivity index (χ1) is 12.9. The molecule has 1 heterocycles. The fourth-order valence-corrected chi connectivity index (χ4v) is 4.44. The number of unbranched alkanes of at least 4 members (excludes halogenated alkanes) is 3. The minimum atomic E-state index is -3.66. The molecule has 6 heteroatoms. The van der Waals surface area contributed by atoms with Crippen LogP contribution in [0.25, 0.3) is 0 Å². The second-order valence-corrected chi connectivity index (χ2v) is 8.82. The smallest absolute Gasteiger partial charge is 0.261 e. The number of benzene rings is 2. The molecular weight excluding hydrogens is 362 g/mol. The number of ether oxygens (including phenoxy) is 1. The van der Waals surface area contributed by atoms with E-state index in [-0.39, 0.29) is 10.8 Å². The molecular formula is C21H27NO4S. The molecule has 2 atom stereocenters. The van der Waals surface area contributed by atoms with Gasteiger partial charge >= 0.3 is 0 Å². The van der Waals surface area contributed by atoms with Crippen molar-refractivity contribution in [1.82, 2.24) is 0 Å². The van der Waals surface area contributed by atoms with E-state index in [0.717, 1.165) is 36.8 Å². The van der Waals surface area contributed by atoms with E-state index in [1.165, 1.54) is 6.42 Å². The highest BCUT2D eigenvalue weighted by Gasteiger charge is 2.33. The Labute approximate surface area is 161 Å². The first kappa shape index (κ1) is 19.7. The average molecular weight is 390 g/mol. The molecule has 0 bridgehead atoms. The zero-order valence-electron chi connectivity index (χ0n) is 15.8. The van der Waals surface area contributed by atoms with E-state index in [1.54, 1.807) is 42.5 Å². The third kappa shape index (κ3) is 4.62. The van der Waals surface area contributed by atoms with Crippen molar-refractivity contribution in [2.75, 3.05) is 4.72 Å². The van der Waals surface area contributed by atoms with Gasteiger partial charge in [-0.1, -0.05) is 50.3 Å². The first-order valence-electron chi connectivity index (χ1n) is 9.49. The summed E-state index contributed by atoms with van der Waals surface area (Å²) in [5.74, 6) is 0.502. The summed E-state index contributed by atoms with van der Waals surface area (Å²) in [6, 6.07) is 11.9. The van der Waals surface area contributed by atoms with Crippen LogP contribution in [0.4, 0.5) is 5.69 Å². The second kappa shape index (κ2) is 8.31. The summed E-state index contributed by atoms with van der Waals surface area (Å²) in [5.41, 5.74) is 2.34. The third-order valence-electron chi connectivity index (χ3n) is 4.95. The summed E-state index contributed by atoms with van der Waals surface area (Å²) in [4.78, 5) is 0.223. The maximum atomic E-state index is 12.6. The van der Waals surface area contributed by atoms with E-state index in [1.807, 2.05) is 6.92 Å². The Hall–Kier alpha value is -2.05. The molecule has 3 rings (SSSR count). The van der Waals surface area contributed by atoms with Gasteiger partial charge < -0.3 is 9.84 Å². The van der Waals surface area contributed by atoms with Crippen LogP contribution < -0.4 is 9.46 Å². The number of fused-ring (bicyclic) bond motifs is 1. The van der Waals surface area contributed by atoms with Gasteiger partial charge in [0.2, 0.25) is 6.29 Å². The zero-order chi connectivity index (χ0) is 19.4. The minimum Gasteiger partial charge on any atom is -0.464 e. The van der Waals surface area contributed by atoms with Gasteiger partial charge in [-0.3, -0.25) is 4.72 Å². The number of nitrogens with one attached hydrogen (secondary N) is 1. The van der Waals surface area contributed by atoms with Gasteiger partial charge in [-0.05, 0) is 43.7 Å². The maximum absolute atomic E-state index is 12.6. The summed E-state index contributed by atoms with van der Waals surface area (Å²) >= 11 is 0. The SMILES string of the molecule is CCCCCC[C@@H]1c2cc(NS(=O)(=O)c3ccc(C)cc3)ccc2O[C@H]1O. The summed E-state index contributed by atoms with van der Waals surface area (Å²) in [7, 11) is -3.66. The number of sulfonamides is 1. The molecule has 0 spiro atoms.